The molecule has 1 heterocycles. The van der Waals surface area contributed by atoms with Crippen LogP contribution in [-0.2, 0) is 6.42 Å². The summed E-state index contributed by atoms with van der Waals surface area (Å²) < 4.78 is 0. The van der Waals surface area contributed by atoms with Crippen LogP contribution in [0.2, 0.25) is 0 Å². The molecule has 0 aromatic heterocycles. The molecule has 1 fully saturated rings. The Bertz CT molecular complexity index is 432. The standard InChI is InChI=1S/C15H22N2O/c1-16(2)12-7-8-17(10-12)14-9-11-5-3-4-6-13(11)15(14)18/h3-6,12,14-15,18H,7-10H2,1-2H3. The zero-order valence-corrected chi connectivity index (χ0v) is 11.2. The van der Waals surface area contributed by atoms with Gasteiger partial charge in [-0.05, 0) is 38.1 Å². The van der Waals surface area contributed by atoms with Crippen molar-refractivity contribution < 1.29 is 5.11 Å². The third-order valence-electron chi connectivity index (χ3n) is 4.56. The summed E-state index contributed by atoms with van der Waals surface area (Å²) >= 11 is 0. The minimum absolute atomic E-state index is 0.285. The molecule has 0 saturated carbocycles. The van der Waals surface area contributed by atoms with Gasteiger partial charge in [0, 0.05) is 25.2 Å². The highest BCUT2D eigenvalue weighted by Crippen LogP contribution is 2.35. The van der Waals surface area contributed by atoms with Crippen LogP contribution in [0.3, 0.4) is 0 Å². The monoisotopic (exact) mass is 246 g/mol. The van der Waals surface area contributed by atoms with Crippen LogP contribution in [0.1, 0.15) is 23.7 Å². The summed E-state index contributed by atoms with van der Waals surface area (Å²) in [6, 6.07) is 9.24. The molecule has 1 N–H and O–H groups in total. The first-order chi connectivity index (χ1) is 8.66. The third-order valence-corrected chi connectivity index (χ3v) is 4.56. The van der Waals surface area contributed by atoms with Gasteiger partial charge < -0.3 is 10.0 Å². The first kappa shape index (κ1) is 12.2. The van der Waals surface area contributed by atoms with E-state index in [-0.39, 0.29) is 12.1 Å². The van der Waals surface area contributed by atoms with E-state index in [0.717, 1.165) is 25.1 Å². The molecule has 1 aromatic rings. The number of benzene rings is 1. The maximum Gasteiger partial charge on any atom is 0.0951 e. The molecule has 3 heteroatoms. The van der Waals surface area contributed by atoms with Gasteiger partial charge >= 0.3 is 0 Å². The molecular formula is C15H22N2O. The van der Waals surface area contributed by atoms with E-state index in [4.69, 9.17) is 0 Å². The van der Waals surface area contributed by atoms with Crippen LogP contribution >= 0.6 is 0 Å². The lowest BCUT2D eigenvalue weighted by molar-refractivity contribution is 0.0712. The van der Waals surface area contributed by atoms with Crippen molar-refractivity contribution in [2.45, 2.75) is 31.0 Å². The van der Waals surface area contributed by atoms with Crippen molar-refractivity contribution in [1.29, 1.82) is 0 Å². The van der Waals surface area contributed by atoms with Crippen LogP contribution in [-0.4, -0.2) is 54.2 Å². The van der Waals surface area contributed by atoms with Crippen molar-refractivity contribution >= 4 is 0 Å². The minimum Gasteiger partial charge on any atom is -0.387 e. The summed E-state index contributed by atoms with van der Waals surface area (Å²) in [5.41, 5.74) is 2.46. The van der Waals surface area contributed by atoms with Gasteiger partial charge in [-0.3, -0.25) is 4.90 Å². The molecule has 1 aliphatic heterocycles. The van der Waals surface area contributed by atoms with Crippen molar-refractivity contribution in [2.75, 3.05) is 27.2 Å². The van der Waals surface area contributed by atoms with Gasteiger partial charge in [-0.1, -0.05) is 24.3 Å². The largest absolute Gasteiger partial charge is 0.387 e. The highest BCUT2D eigenvalue weighted by molar-refractivity contribution is 5.36. The number of hydrogen-bond acceptors (Lipinski definition) is 3. The van der Waals surface area contributed by atoms with E-state index < -0.39 is 0 Å². The minimum atomic E-state index is -0.304. The number of likely N-dealkylation sites (tertiary alicyclic amines) is 1. The van der Waals surface area contributed by atoms with E-state index >= 15 is 0 Å². The summed E-state index contributed by atoms with van der Waals surface area (Å²) in [4.78, 5) is 4.77. The zero-order valence-electron chi connectivity index (χ0n) is 11.2. The van der Waals surface area contributed by atoms with E-state index in [1.54, 1.807) is 0 Å². The highest BCUT2D eigenvalue weighted by Gasteiger charge is 2.38. The topological polar surface area (TPSA) is 26.7 Å². The quantitative estimate of drug-likeness (QED) is 0.851. The fraction of sp³-hybridized carbons (Fsp3) is 0.600. The van der Waals surface area contributed by atoms with Crippen molar-refractivity contribution in [3.63, 3.8) is 0 Å². The number of fused-ring (bicyclic) bond motifs is 1. The molecule has 0 radical (unpaired) electrons. The number of hydrogen-bond donors (Lipinski definition) is 1. The lowest BCUT2D eigenvalue weighted by Crippen LogP contribution is -2.39. The normalized spacial score (nSPS) is 32.1. The Morgan fingerprint density at radius 2 is 2.06 bits per heavy atom. The van der Waals surface area contributed by atoms with E-state index in [0.29, 0.717) is 6.04 Å². The zero-order chi connectivity index (χ0) is 12.7. The molecule has 3 atom stereocenters. The van der Waals surface area contributed by atoms with Crippen LogP contribution in [0.5, 0.6) is 0 Å². The van der Waals surface area contributed by atoms with Crippen LogP contribution in [0.15, 0.2) is 24.3 Å². The van der Waals surface area contributed by atoms with E-state index in [1.165, 1.54) is 12.0 Å². The Hall–Kier alpha value is -0.900. The Morgan fingerprint density at radius 1 is 1.28 bits per heavy atom. The second-order valence-corrected chi connectivity index (χ2v) is 5.82. The molecule has 3 nitrogen and oxygen atoms in total. The average Bonchev–Trinajstić information content (AvgIpc) is 2.95. The maximum absolute atomic E-state index is 10.5. The number of aliphatic hydroxyl groups is 1. The maximum atomic E-state index is 10.5. The summed E-state index contributed by atoms with van der Waals surface area (Å²) in [5.74, 6) is 0. The molecular weight excluding hydrogens is 224 g/mol. The molecule has 0 bridgehead atoms. The molecule has 1 aliphatic carbocycles. The van der Waals surface area contributed by atoms with Gasteiger partial charge in [0.05, 0.1) is 6.10 Å². The fourth-order valence-corrected chi connectivity index (χ4v) is 3.37. The first-order valence-corrected chi connectivity index (χ1v) is 6.83. The van der Waals surface area contributed by atoms with Gasteiger partial charge in [-0.15, -0.1) is 0 Å². The molecule has 1 saturated heterocycles. The predicted molar refractivity (Wildman–Crippen MR) is 72.6 cm³/mol. The van der Waals surface area contributed by atoms with Crippen molar-refractivity contribution in [2.24, 2.45) is 0 Å². The van der Waals surface area contributed by atoms with Crippen LogP contribution in [0.4, 0.5) is 0 Å². The summed E-state index contributed by atoms with van der Waals surface area (Å²) in [6.07, 6.45) is 1.91. The number of nitrogens with zero attached hydrogens (tertiary/aromatic N) is 2. The summed E-state index contributed by atoms with van der Waals surface area (Å²) in [6.45, 7) is 2.20. The Morgan fingerprint density at radius 3 is 2.72 bits per heavy atom. The van der Waals surface area contributed by atoms with Gasteiger partial charge in [-0.25, -0.2) is 0 Å². The van der Waals surface area contributed by atoms with Gasteiger partial charge in [0.25, 0.3) is 0 Å². The predicted octanol–water partition coefficient (Wildman–Crippen LogP) is 1.28. The van der Waals surface area contributed by atoms with E-state index in [9.17, 15) is 5.11 Å². The third kappa shape index (κ3) is 1.96. The van der Waals surface area contributed by atoms with Gasteiger partial charge in [0.2, 0.25) is 0 Å². The second kappa shape index (κ2) is 4.65. The van der Waals surface area contributed by atoms with Crippen LogP contribution in [0.25, 0.3) is 0 Å². The Balaban J connectivity index is 1.73. The molecule has 3 rings (SSSR count). The molecule has 3 unspecified atom stereocenters. The molecule has 18 heavy (non-hydrogen) atoms. The summed E-state index contributed by atoms with van der Waals surface area (Å²) in [5, 5.41) is 10.5. The molecule has 2 aliphatic rings. The van der Waals surface area contributed by atoms with Gasteiger partial charge in [0.15, 0.2) is 0 Å². The number of rotatable bonds is 2. The summed E-state index contributed by atoms with van der Waals surface area (Å²) in [7, 11) is 4.29. The van der Waals surface area contributed by atoms with Gasteiger partial charge in [-0.2, -0.15) is 0 Å². The molecule has 0 amide bonds. The molecule has 0 spiro atoms. The van der Waals surface area contributed by atoms with E-state index in [2.05, 4.69) is 42.1 Å². The second-order valence-electron chi connectivity index (χ2n) is 5.82. The smallest absolute Gasteiger partial charge is 0.0951 e. The van der Waals surface area contributed by atoms with Crippen LogP contribution < -0.4 is 0 Å². The van der Waals surface area contributed by atoms with Crippen molar-refractivity contribution in [1.82, 2.24) is 9.80 Å². The van der Waals surface area contributed by atoms with Crippen molar-refractivity contribution in [3.8, 4) is 0 Å². The fourth-order valence-electron chi connectivity index (χ4n) is 3.37. The highest BCUT2D eigenvalue weighted by atomic mass is 16.3. The Labute approximate surface area is 109 Å². The van der Waals surface area contributed by atoms with Crippen molar-refractivity contribution in [3.05, 3.63) is 35.4 Å². The molecule has 1 aromatic carbocycles. The number of likely N-dealkylation sites (N-methyl/N-ethyl adjacent to an activating group) is 1. The van der Waals surface area contributed by atoms with E-state index in [1.807, 2.05) is 6.07 Å². The van der Waals surface area contributed by atoms with Gasteiger partial charge in [0.1, 0.15) is 0 Å². The SMILES string of the molecule is CN(C)C1CCN(C2Cc3ccccc3C2O)C1. The number of aliphatic hydroxyl groups excluding tert-OH is 1. The Kier molecular flexibility index (Phi) is 3.14. The average molecular weight is 246 g/mol. The van der Waals surface area contributed by atoms with Crippen LogP contribution in [0, 0.1) is 0 Å². The molecule has 98 valence electrons. The lowest BCUT2D eigenvalue weighted by atomic mass is 10.1. The lowest BCUT2D eigenvalue weighted by Gasteiger charge is -2.28. The first-order valence-electron chi connectivity index (χ1n) is 6.83.